The molecule has 0 amide bonds. The van der Waals surface area contributed by atoms with E-state index in [9.17, 15) is 0 Å². The fourth-order valence-electron chi connectivity index (χ4n) is 5.77. The fraction of sp³-hybridized carbons (Fsp3) is 0.389. The van der Waals surface area contributed by atoms with E-state index in [1.54, 1.807) is 0 Å². The Kier molecular flexibility index (Phi) is 19.5. The summed E-state index contributed by atoms with van der Waals surface area (Å²) in [6.07, 6.45) is 18.2. The molecule has 0 nitrogen and oxygen atoms in total. The number of unbranched alkanes of at least 4 members (excludes halogenated alkanes) is 3. The SMILES string of the molecule is CCCCc1ccc([Si](C2=[C-]C(C)=CC2)(c2ccc(CCCC)cc2)c2ccc(CCCC)cc2)cc1.[Cl-].[Cl-].[Cl-].[Ti+4]. The Morgan fingerprint density at radius 2 is 0.878 bits per heavy atom. The summed E-state index contributed by atoms with van der Waals surface area (Å²) in [7, 11) is -2.44. The maximum atomic E-state index is 3.88. The number of rotatable bonds is 13. The average Bonchev–Trinajstić information content (AvgIpc) is 3.38. The molecule has 218 valence electrons. The molecule has 0 atom stereocenters. The monoisotopic (exact) mass is 658 g/mol. The third-order valence-corrected chi connectivity index (χ3v) is 12.9. The number of allylic oxidation sites excluding steroid dienone is 4. The van der Waals surface area contributed by atoms with Crippen LogP contribution in [-0.4, -0.2) is 8.07 Å². The van der Waals surface area contributed by atoms with Gasteiger partial charge in [-0.3, -0.25) is 6.08 Å². The van der Waals surface area contributed by atoms with Crippen LogP contribution in [0.25, 0.3) is 0 Å². The van der Waals surface area contributed by atoms with Gasteiger partial charge in [0.05, 0.1) is 0 Å². The number of halogens is 3. The predicted octanol–water partition coefficient (Wildman–Crippen LogP) is -1.19. The Morgan fingerprint density at radius 3 is 1.12 bits per heavy atom. The van der Waals surface area contributed by atoms with E-state index >= 15 is 0 Å². The third-order valence-electron chi connectivity index (χ3n) is 8.03. The van der Waals surface area contributed by atoms with Crippen molar-refractivity contribution < 1.29 is 58.9 Å². The zero-order valence-electron chi connectivity index (χ0n) is 25.2. The maximum Gasteiger partial charge on any atom is 4.00 e. The van der Waals surface area contributed by atoms with E-state index in [2.05, 4.69) is 113 Å². The van der Waals surface area contributed by atoms with Gasteiger partial charge >= 0.3 is 21.7 Å². The van der Waals surface area contributed by atoms with E-state index in [0.29, 0.717) is 0 Å². The summed E-state index contributed by atoms with van der Waals surface area (Å²) < 4.78 is 0. The van der Waals surface area contributed by atoms with Crippen molar-refractivity contribution in [2.45, 2.75) is 91.9 Å². The zero-order valence-corrected chi connectivity index (χ0v) is 30.0. The zero-order chi connectivity index (χ0) is 26.1. The van der Waals surface area contributed by atoms with E-state index in [-0.39, 0.29) is 58.9 Å². The first-order chi connectivity index (χ1) is 18.1. The second-order valence-corrected chi connectivity index (χ2v) is 14.7. The third kappa shape index (κ3) is 9.72. The molecule has 0 spiro atoms. The molecular formula is C36H45Cl3SiTi. The van der Waals surface area contributed by atoms with Crippen LogP contribution >= 0.6 is 0 Å². The van der Waals surface area contributed by atoms with Gasteiger partial charge < -0.3 is 37.2 Å². The van der Waals surface area contributed by atoms with Crippen molar-refractivity contribution in [1.82, 2.24) is 0 Å². The van der Waals surface area contributed by atoms with Gasteiger partial charge in [-0.05, 0) is 70.8 Å². The predicted molar refractivity (Wildman–Crippen MR) is 165 cm³/mol. The number of benzene rings is 3. The van der Waals surface area contributed by atoms with Crippen molar-refractivity contribution in [2.24, 2.45) is 0 Å². The Morgan fingerprint density at radius 1 is 0.561 bits per heavy atom. The molecule has 5 heteroatoms. The first-order valence-electron chi connectivity index (χ1n) is 14.7. The van der Waals surface area contributed by atoms with Crippen LogP contribution in [0.4, 0.5) is 0 Å². The van der Waals surface area contributed by atoms with Gasteiger partial charge in [-0.15, -0.1) is 0 Å². The molecule has 3 aromatic rings. The Labute approximate surface area is 285 Å². The van der Waals surface area contributed by atoms with Gasteiger partial charge in [-0.1, -0.05) is 126 Å². The summed E-state index contributed by atoms with van der Waals surface area (Å²) in [6, 6.07) is 29.1. The van der Waals surface area contributed by atoms with Gasteiger partial charge in [0.25, 0.3) is 0 Å². The minimum Gasteiger partial charge on any atom is -1.00 e. The molecule has 0 aliphatic heterocycles. The van der Waals surface area contributed by atoms with Crippen molar-refractivity contribution in [1.29, 1.82) is 0 Å². The van der Waals surface area contributed by atoms with Crippen LogP contribution in [0.15, 0.2) is 89.6 Å². The van der Waals surface area contributed by atoms with Gasteiger partial charge in [0.2, 0.25) is 0 Å². The average molecular weight is 660 g/mol. The molecule has 0 radical (unpaired) electrons. The van der Waals surface area contributed by atoms with Crippen molar-refractivity contribution in [3.8, 4) is 0 Å². The topological polar surface area (TPSA) is 0 Å². The van der Waals surface area contributed by atoms with Gasteiger partial charge in [-0.25, -0.2) is 11.6 Å². The molecule has 0 aromatic heterocycles. The molecule has 0 bridgehead atoms. The van der Waals surface area contributed by atoms with Gasteiger partial charge in [0.15, 0.2) is 8.07 Å². The molecule has 4 rings (SSSR count). The molecule has 1 aliphatic carbocycles. The van der Waals surface area contributed by atoms with Crippen molar-refractivity contribution in [2.75, 3.05) is 0 Å². The second kappa shape index (κ2) is 20.0. The molecule has 0 fully saturated rings. The van der Waals surface area contributed by atoms with Crippen molar-refractivity contribution >= 4 is 23.6 Å². The van der Waals surface area contributed by atoms with Gasteiger partial charge in [0.1, 0.15) is 0 Å². The smallest absolute Gasteiger partial charge is 1.00 e. The first kappa shape index (κ1) is 39.9. The number of hydrogen-bond acceptors (Lipinski definition) is 0. The van der Waals surface area contributed by atoms with E-state index < -0.39 is 8.07 Å². The van der Waals surface area contributed by atoms with E-state index in [4.69, 9.17) is 0 Å². The van der Waals surface area contributed by atoms with E-state index in [1.165, 1.54) is 101 Å². The summed E-state index contributed by atoms with van der Waals surface area (Å²) in [5.74, 6) is 0. The van der Waals surface area contributed by atoms with Crippen LogP contribution in [0.2, 0.25) is 0 Å². The molecule has 1 aliphatic rings. The standard InChI is InChI=1S/C36H45Si.3ClH.Ti/c1-5-8-11-30-15-22-33(23-16-30)37(36-21-14-29(4)28-36,34-24-17-31(18-25-34)12-9-6-2)35-26-19-32(20-27-35)13-10-7-3;;;;/h14-20,22-27H,5-13,21H2,1-4H3;3*1H;/q-1;;;;+4/p-3. The van der Waals surface area contributed by atoms with E-state index in [0.717, 1.165) is 6.42 Å². The quantitative estimate of drug-likeness (QED) is 0.123. The number of aryl methyl sites for hydroxylation is 3. The Balaban J connectivity index is 0.00000400. The summed E-state index contributed by atoms with van der Waals surface area (Å²) >= 11 is 0. The van der Waals surface area contributed by atoms with Crippen LogP contribution in [0.1, 0.15) is 89.3 Å². The Bertz CT molecular complexity index is 1070. The summed E-state index contributed by atoms with van der Waals surface area (Å²) in [4.78, 5) is 0. The molecule has 3 aromatic carbocycles. The summed E-state index contributed by atoms with van der Waals surface area (Å²) in [5, 5.41) is 5.96. The van der Waals surface area contributed by atoms with Gasteiger partial charge in [-0.2, -0.15) is 5.20 Å². The largest absolute Gasteiger partial charge is 4.00 e. The molecular weight excluding hydrogens is 615 g/mol. The normalized spacial score (nSPS) is 12.2. The molecule has 0 N–H and O–H groups in total. The van der Waals surface area contributed by atoms with Crippen molar-refractivity contribution in [3.63, 3.8) is 0 Å². The van der Waals surface area contributed by atoms with Crippen LogP contribution in [0.3, 0.4) is 0 Å². The Hall–Kier alpha value is -1.06. The maximum absolute atomic E-state index is 3.88. The summed E-state index contributed by atoms with van der Waals surface area (Å²) in [5.41, 5.74) is 5.65. The van der Waals surface area contributed by atoms with Crippen LogP contribution in [0.5, 0.6) is 0 Å². The number of hydrogen-bond donors (Lipinski definition) is 0. The van der Waals surface area contributed by atoms with Crippen LogP contribution in [0, 0.1) is 6.08 Å². The molecule has 0 saturated heterocycles. The minimum atomic E-state index is -2.44. The molecule has 0 saturated carbocycles. The molecule has 0 unspecified atom stereocenters. The van der Waals surface area contributed by atoms with Crippen LogP contribution < -0.4 is 52.8 Å². The molecule has 41 heavy (non-hydrogen) atoms. The minimum absolute atomic E-state index is 0. The fourth-order valence-corrected chi connectivity index (χ4v) is 10.6. The van der Waals surface area contributed by atoms with Gasteiger partial charge in [0, 0.05) is 0 Å². The molecule has 0 heterocycles. The second-order valence-electron chi connectivity index (χ2n) is 10.8. The van der Waals surface area contributed by atoms with Crippen LogP contribution in [-0.2, 0) is 41.0 Å². The van der Waals surface area contributed by atoms with E-state index in [1.807, 2.05) is 0 Å². The summed E-state index contributed by atoms with van der Waals surface area (Å²) in [6.45, 7) is 9.04. The van der Waals surface area contributed by atoms with Crippen molar-refractivity contribution in [3.05, 3.63) is 112 Å². The first-order valence-corrected chi connectivity index (χ1v) is 16.7.